The molecule has 6 heteroatoms. The summed E-state index contributed by atoms with van der Waals surface area (Å²) in [6, 6.07) is 8.28. The Kier molecular flexibility index (Phi) is 3.88. The molecule has 0 N–H and O–H groups in total. The van der Waals surface area contributed by atoms with E-state index in [1.807, 2.05) is 13.1 Å². The summed E-state index contributed by atoms with van der Waals surface area (Å²) in [5.41, 5.74) is 2.37. The number of hydrogen-bond acceptors (Lipinski definition) is 6. The van der Waals surface area contributed by atoms with E-state index >= 15 is 0 Å². The van der Waals surface area contributed by atoms with Crippen molar-refractivity contribution in [3.05, 3.63) is 41.2 Å². The predicted octanol–water partition coefficient (Wildman–Crippen LogP) is 3.52. The number of carbonyl (C=O) groups excluding carboxylic acids is 1. The van der Waals surface area contributed by atoms with Crippen molar-refractivity contribution in [1.82, 2.24) is 20.1 Å². The van der Waals surface area contributed by atoms with Crippen LogP contribution in [0.5, 0.6) is 0 Å². The predicted molar refractivity (Wildman–Crippen MR) is 107 cm³/mol. The lowest BCUT2D eigenvalue weighted by Gasteiger charge is -2.58. The van der Waals surface area contributed by atoms with E-state index in [2.05, 4.69) is 51.4 Å². The van der Waals surface area contributed by atoms with Crippen LogP contribution in [0.4, 0.5) is 0 Å². The van der Waals surface area contributed by atoms with Gasteiger partial charge in [0.15, 0.2) is 0 Å². The van der Waals surface area contributed by atoms with E-state index in [0.29, 0.717) is 17.6 Å². The highest BCUT2D eigenvalue weighted by Gasteiger charge is 2.52. The SMILES string of the molecule is Cc1nnc(-c2ccc3cnc(CC(=O)C4CC5(C4)CN(C)C5)cc3c2)s1. The standard InChI is InChI=1S/C21H22N4OS/c1-13-23-24-20(27-13)14-3-4-15-10-22-18(6-16(15)5-14)7-19(26)17-8-21(9-17)11-25(2)12-21/h3-6,10,17H,7-9,11-12H2,1-2H3. The summed E-state index contributed by atoms with van der Waals surface area (Å²) in [5, 5.41) is 12.4. The zero-order valence-electron chi connectivity index (χ0n) is 15.6. The Morgan fingerprint density at radius 1 is 1.22 bits per heavy atom. The molecule has 2 fully saturated rings. The minimum absolute atomic E-state index is 0.229. The lowest BCUT2D eigenvalue weighted by atomic mass is 9.56. The number of benzene rings is 1. The Morgan fingerprint density at radius 3 is 2.74 bits per heavy atom. The highest BCUT2D eigenvalue weighted by Crippen LogP contribution is 2.51. The third-order valence-electron chi connectivity index (χ3n) is 5.93. The van der Waals surface area contributed by atoms with Crippen LogP contribution < -0.4 is 0 Å². The molecule has 5 rings (SSSR count). The van der Waals surface area contributed by atoms with E-state index in [-0.39, 0.29) is 5.92 Å². The van der Waals surface area contributed by atoms with Crippen LogP contribution in [0.15, 0.2) is 30.5 Å². The summed E-state index contributed by atoms with van der Waals surface area (Å²) in [7, 11) is 2.15. The number of pyridine rings is 1. The number of carbonyl (C=O) groups is 1. The monoisotopic (exact) mass is 378 g/mol. The lowest BCUT2D eigenvalue weighted by molar-refractivity contribution is -0.139. The number of fused-ring (bicyclic) bond motifs is 1. The summed E-state index contributed by atoms with van der Waals surface area (Å²) >= 11 is 1.59. The highest BCUT2D eigenvalue weighted by molar-refractivity contribution is 7.14. The maximum Gasteiger partial charge on any atom is 0.147 e. The van der Waals surface area contributed by atoms with Crippen LogP contribution in [0.25, 0.3) is 21.3 Å². The molecule has 3 aromatic rings. The van der Waals surface area contributed by atoms with Gasteiger partial charge >= 0.3 is 0 Å². The fourth-order valence-corrected chi connectivity index (χ4v) is 5.41. The van der Waals surface area contributed by atoms with Crippen molar-refractivity contribution >= 4 is 27.9 Å². The molecule has 0 bridgehead atoms. The summed E-state index contributed by atoms with van der Waals surface area (Å²) in [6.45, 7) is 4.26. The van der Waals surface area contributed by atoms with Crippen molar-refractivity contribution < 1.29 is 4.79 Å². The Balaban J connectivity index is 1.32. The highest BCUT2D eigenvalue weighted by atomic mass is 32.1. The summed E-state index contributed by atoms with van der Waals surface area (Å²) in [5.74, 6) is 0.574. The van der Waals surface area contributed by atoms with Gasteiger partial charge in [0.1, 0.15) is 15.8 Å². The minimum Gasteiger partial charge on any atom is -0.305 e. The normalized spacial score (nSPS) is 19.2. The third-order valence-corrected chi connectivity index (χ3v) is 6.82. The molecule has 1 aliphatic heterocycles. The van der Waals surface area contributed by atoms with Crippen molar-refractivity contribution in [3.63, 3.8) is 0 Å². The van der Waals surface area contributed by atoms with Crippen LogP contribution in [0.2, 0.25) is 0 Å². The van der Waals surface area contributed by atoms with Gasteiger partial charge in [0, 0.05) is 48.3 Å². The fourth-order valence-electron chi connectivity index (χ4n) is 4.72. The van der Waals surface area contributed by atoms with Gasteiger partial charge in [0.05, 0.1) is 0 Å². The van der Waals surface area contributed by atoms with E-state index in [1.54, 1.807) is 11.3 Å². The topological polar surface area (TPSA) is 59.0 Å². The molecule has 1 aliphatic carbocycles. The number of likely N-dealkylation sites (tertiary alicyclic amines) is 1. The van der Waals surface area contributed by atoms with Crippen LogP contribution >= 0.6 is 11.3 Å². The molecule has 0 radical (unpaired) electrons. The zero-order valence-corrected chi connectivity index (χ0v) is 16.4. The van der Waals surface area contributed by atoms with Crippen LogP contribution in [0.1, 0.15) is 23.5 Å². The summed E-state index contributed by atoms with van der Waals surface area (Å²) in [6.07, 6.45) is 4.43. The number of aromatic nitrogens is 3. The molecule has 1 aromatic carbocycles. The lowest BCUT2D eigenvalue weighted by Crippen LogP contribution is -2.61. The van der Waals surface area contributed by atoms with Crippen molar-refractivity contribution in [3.8, 4) is 10.6 Å². The molecular formula is C21H22N4OS. The van der Waals surface area contributed by atoms with Crippen molar-refractivity contribution in [2.75, 3.05) is 20.1 Å². The van der Waals surface area contributed by atoms with Gasteiger partial charge in [0.2, 0.25) is 0 Å². The molecule has 1 spiro atoms. The maximum absolute atomic E-state index is 12.7. The van der Waals surface area contributed by atoms with E-state index in [0.717, 1.165) is 58.0 Å². The quantitative estimate of drug-likeness (QED) is 0.695. The van der Waals surface area contributed by atoms with Crippen LogP contribution in [-0.2, 0) is 11.2 Å². The number of ketones is 1. The molecule has 2 aliphatic rings. The summed E-state index contributed by atoms with van der Waals surface area (Å²) in [4.78, 5) is 19.5. The molecule has 27 heavy (non-hydrogen) atoms. The molecule has 1 saturated heterocycles. The number of aryl methyl sites for hydroxylation is 1. The molecule has 0 atom stereocenters. The van der Waals surface area contributed by atoms with Crippen LogP contribution in [0, 0.1) is 18.3 Å². The third kappa shape index (κ3) is 3.07. The molecule has 138 valence electrons. The molecule has 5 nitrogen and oxygen atoms in total. The second-order valence-electron chi connectivity index (χ2n) is 8.28. The zero-order chi connectivity index (χ0) is 18.6. The average Bonchev–Trinajstić information content (AvgIpc) is 3.02. The first-order valence-corrected chi connectivity index (χ1v) is 10.2. The second-order valence-corrected chi connectivity index (χ2v) is 9.47. The first-order valence-electron chi connectivity index (χ1n) is 9.40. The van der Waals surface area contributed by atoms with Gasteiger partial charge in [-0.25, -0.2) is 0 Å². The molecule has 1 saturated carbocycles. The Bertz CT molecular complexity index is 1030. The molecule has 3 heterocycles. The number of nitrogens with zero attached hydrogens (tertiary/aromatic N) is 4. The van der Waals surface area contributed by atoms with Crippen molar-refractivity contribution in [2.24, 2.45) is 11.3 Å². The Morgan fingerprint density at radius 2 is 2.04 bits per heavy atom. The smallest absolute Gasteiger partial charge is 0.147 e. The largest absolute Gasteiger partial charge is 0.305 e. The van der Waals surface area contributed by atoms with Gasteiger partial charge in [-0.1, -0.05) is 23.5 Å². The van der Waals surface area contributed by atoms with Gasteiger partial charge in [-0.3, -0.25) is 9.78 Å². The average molecular weight is 379 g/mol. The Labute approximate surface area is 162 Å². The first kappa shape index (κ1) is 17.0. The van der Waals surface area contributed by atoms with E-state index < -0.39 is 0 Å². The van der Waals surface area contributed by atoms with E-state index in [9.17, 15) is 4.79 Å². The van der Waals surface area contributed by atoms with Gasteiger partial charge in [-0.05, 0) is 49.7 Å². The van der Waals surface area contributed by atoms with Gasteiger partial charge in [0.25, 0.3) is 0 Å². The molecule has 2 aromatic heterocycles. The number of Topliss-reactive ketones (excluding diaryl/α,β-unsaturated/α-hetero) is 1. The fraction of sp³-hybridized carbons (Fsp3) is 0.429. The van der Waals surface area contributed by atoms with Gasteiger partial charge in [-0.2, -0.15) is 0 Å². The minimum atomic E-state index is 0.229. The van der Waals surface area contributed by atoms with E-state index in [4.69, 9.17) is 0 Å². The molecule has 0 amide bonds. The molecule has 0 unspecified atom stereocenters. The van der Waals surface area contributed by atoms with Crippen molar-refractivity contribution in [1.29, 1.82) is 0 Å². The van der Waals surface area contributed by atoms with Gasteiger partial charge in [-0.15, -0.1) is 10.2 Å². The summed E-state index contributed by atoms with van der Waals surface area (Å²) < 4.78 is 0. The van der Waals surface area contributed by atoms with Crippen molar-refractivity contribution in [2.45, 2.75) is 26.2 Å². The molecular weight excluding hydrogens is 356 g/mol. The maximum atomic E-state index is 12.7. The number of hydrogen-bond donors (Lipinski definition) is 0. The second kappa shape index (κ2) is 6.17. The Hall–Kier alpha value is -2.18. The van der Waals surface area contributed by atoms with E-state index in [1.165, 1.54) is 0 Å². The first-order chi connectivity index (χ1) is 13.0. The van der Waals surface area contributed by atoms with Crippen LogP contribution in [-0.4, -0.2) is 46.0 Å². The van der Waals surface area contributed by atoms with Crippen LogP contribution in [0.3, 0.4) is 0 Å². The number of rotatable bonds is 4. The van der Waals surface area contributed by atoms with Gasteiger partial charge < -0.3 is 4.90 Å².